The van der Waals surface area contributed by atoms with E-state index in [2.05, 4.69) is 25.1 Å². The molecule has 2 heteroatoms. The summed E-state index contributed by atoms with van der Waals surface area (Å²) in [5.74, 6) is 0.597. The van der Waals surface area contributed by atoms with E-state index in [1.54, 1.807) is 0 Å². The molecule has 0 aromatic carbocycles. The van der Waals surface area contributed by atoms with Gasteiger partial charge in [-0.25, -0.2) is 0 Å². The smallest absolute Gasteiger partial charge is 0.0407 e. The molecule has 0 N–H and O–H groups in total. The average Bonchev–Trinajstić information content (AvgIpc) is 2.48. The molecular weight excluding hydrogens is 176 g/mol. The summed E-state index contributed by atoms with van der Waals surface area (Å²) in [6, 6.07) is 4.30. The fourth-order valence-corrected chi connectivity index (χ4v) is 1.81. The van der Waals surface area contributed by atoms with E-state index in [1.807, 2.05) is 17.4 Å². The van der Waals surface area contributed by atoms with Gasteiger partial charge in [0, 0.05) is 15.6 Å². The summed E-state index contributed by atoms with van der Waals surface area (Å²) in [5, 5.41) is 0. The zero-order valence-electron chi connectivity index (χ0n) is 6.51. The Labute approximate surface area is 76.5 Å². The highest BCUT2D eigenvalue weighted by Gasteiger charge is 1.92. The highest BCUT2D eigenvalue weighted by molar-refractivity contribution is 7.12. The van der Waals surface area contributed by atoms with Crippen LogP contribution in [0, 0.1) is 0 Å². The molecule has 1 rings (SSSR count). The van der Waals surface area contributed by atoms with Crippen LogP contribution in [0.3, 0.4) is 0 Å². The minimum absolute atomic E-state index is 0.597. The van der Waals surface area contributed by atoms with Crippen LogP contribution in [0.15, 0.2) is 18.2 Å². The Kier molecular flexibility index (Phi) is 3.67. The van der Waals surface area contributed by atoms with Gasteiger partial charge in [-0.3, -0.25) is 0 Å². The molecule has 0 fully saturated rings. The van der Waals surface area contributed by atoms with Gasteiger partial charge in [-0.05, 0) is 24.6 Å². The topological polar surface area (TPSA) is 0 Å². The van der Waals surface area contributed by atoms with Crippen LogP contribution >= 0.6 is 22.9 Å². The molecule has 0 aliphatic carbocycles. The molecule has 0 nitrogen and oxygen atoms in total. The molecular formula is C9H11ClS. The maximum atomic E-state index is 5.51. The second-order valence-electron chi connectivity index (χ2n) is 2.21. The third-order valence-corrected chi connectivity index (χ3v) is 2.78. The maximum Gasteiger partial charge on any atom is 0.0407 e. The van der Waals surface area contributed by atoms with Crippen molar-refractivity contribution in [1.82, 2.24) is 0 Å². The first-order valence-corrected chi connectivity index (χ1v) is 5.03. The summed E-state index contributed by atoms with van der Waals surface area (Å²) in [6.45, 7) is 2.17. The molecule has 0 radical (unpaired) electrons. The standard InChI is InChI=1S/C9H11ClS/c1-2-8-5-6-9(11-8)4-3-7-10/h3-6H,2,7H2,1H3. The van der Waals surface area contributed by atoms with Crippen molar-refractivity contribution in [2.24, 2.45) is 0 Å². The lowest BCUT2D eigenvalue weighted by atomic mass is 10.3. The maximum absolute atomic E-state index is 5.51. The molecule has 0 atom stereocenters. The van der Waals surface area contributed by atoms with Crippen molar-refractivity contribution in [2.75, 3.05) is 5.88 Å². The Morgan fingerprint density at radius 1 is 1.55 bits per heavy atom. The monoisotopic (exact) mass is 186 g/mol. The zero-order valence-corrected chi connectivity index (χ0v) is 8.08. The Hall–Kier alpha value is -0.270. The molecule has 0 unspecified atom stereocenters. The van der Waals surface area contributed by atoms with Crippen LogP contribution in [-0.4, -0.2) is 5.88 Å². The van der Waals surface area contributed by atoms with E-state index in [4.69, 9.17) is 11.6 Å². The minimum atomic E-state index is 0.597. The van der Waals surface area contributed by atoms with Crippen LogP contribution in [0.5, 0.6) is 0 Å². The first kappa shape index (κ1) is 8.82. The second kappa shape index (κ2) is 4.58. The SMILES string of the molecule is CCc1ccc(C=CCCl)s1. The Bertz CT molecular complexity index is 237. The number of hydrogen-bond acceptors (Lipinski definition) is 1. The van der Waals surface area contributed by atoms with Gasteiger partial charge >= 0.3 is 0 Å². The highest BCUT2D eigenvalue weighted by atomic mass is 35.5. The molecule has 0 spiro atoms. The van der Waals surface area contributed by atoms with Gasteiger partial charge in [0.1, 0.15) is 0 Å². The molecule has 0 amide bonds. The number of aryl methyl sites for hydroxylation is 1. The van der Waals surface area contributed by atoms with Crippen LogP contribution in [-0.2, 0) is 6.42 Å². The summed E-state index contributed by atoms with van der Waals surface area (Å²) in [6.07, 6.45) is 5.16. The molecule has 0 bridgehead atoms. The summed E-state index contributed by atoms with van der Waals surface area (Å²) in [5.41, 5.74) is 0. The van der Waals surface area contributed by atoms with Crippen molar-refractivity contribution >= 4 is 29.0 Å². The fourth-order valence-electron chi connectivity index (χ4n) is 0.835. The number of thiophene rings is 1. The van der Waals surface area contributed by atoms with Gasteiger partial charge < -0.3 is 0 Å². The van der Waals surface area contributed by atoms with Crippen molar-refractivity contribution in [2.45, 2.75) is 13.3 Å². The average molecular weight is 187 g/mol. The molecule has 1 aromatic heterocycles. The van der Waals surface area contributed by atoms with Crippen molar-refractivity contribution < 1.29 is 0 Å². The number of hydrogen-bond donors (Lipinski definition) is 0. The van der Waals surface area contributed by atoms with Crippen LogP contribution < -0.4 is 0 Å². The van der Waals surface area contributed by atoms with Crippen LogP contribution in [0.25, 0.3) is 6.08 Å². The first-order valence-electron chi connectivity index (χ1n) is 3.68. The number of rotatable bonds is 3. The Morgan fingerprint density at radius 2 is 2.36 bits per heavy atom. The predicted molar refractivity (Wildman–Crippen MR) is 53.5 cm³/mol. The van der Waals surface area contributed by atoms with Gasteiger partial charge in [0.25, 0.3) is 0 Å². The van der Waals surface area contributed by atoms with Crippen LogP contribution in [0.2, 0.25) is 0 Å². The molecule has 60 valence electrons. The third-order valence-electron chi connectivity index (χ3n) is 1.40. The lowest BCUT2D eigenvalue weighted by Gasteiger charge is -1.83. The van der Waals surface area contributed by atoms with Crippen molar-refractivity contribution in [3.8, 4) is 0 Å². The van der Waals surface area contributed by atoms with Crippen molar-refractivity contribution in [3.63, 3.8) is 0 Å². The van der Waals surface area contributed by atoms with Gasteiger partial charge in [0.2, 0.25) is 0 Å². The summed E-state index contributed by atoms with van der Waals surface area (Å²) in [4.78, 5) is 2.72. The normalized spacial score (nSPS) is 11.1. The number of alkyl halides is 1. The van der Waals surface area contributed by atoms with Gasteiger partial charge in [0.15, 0.2) is 0 Å². The van der Waals surface area contributed by atoms with E-state index < -0.39 is 0 Å². The number of allylic oxidation sites excluding steroid dienone is 1. The number of halogens is 1. The van der Waals surface area contributed by atoms with E-state index in [0.717, 1.165) is 6.42 Å². The summed E-state index contributed by atoms with van der Waals surface area (Å²) in [7, 11) is 0. The van der Waals surface area contributed by atoms with Crippen molar-refractivity contribution in [3.05, 3.63) is 28.0 Å². The van der Waals surface area contributed by atoms with E-state index >= 15 is 0 Å². The third kappa shape index (κ3) is 2.68. The van der Waals surface area contributed by atoms with E-state index in [9.17, 15) is 0 Å². The molecule has 1 heterocycles. The van der Waals surface area contributed by atoms with E-state index in [1.165, 1.54) is 9.75 Å². The van der Waals surface area contributed by atoms with E-state index in [0.29, 0.717) is 5.88 Å². The van der Waals surface area contributed by atoms with Crippen molar-refractivity contribution in [1.29, 1.82) is 0 Å². The Morgan fingerprint density at radius 3 is 2.91 bits per heavy atom. The molecule has 1 aromatic rings. The molecule has 0 aliphatic rings. The van der Waals surface area contributed by atoms with Gasteiger partial charge in [0.05, 0.1) is 0 Å². The van der Waals surface area contributed by atoms with Gasteiger partial charge in [-0.1, -0.05) is 13.0 Å². The summed E-state index contributed by atoms with van der Waals surface area (Å²) < 4.78 is 0. The second-order valence-corrected chi connectivity index (χ2v) is 3.72. The largest absolute Gasteiger partial charge is 0.141 e. The minimum Gasteiger partial charge on any atom is -0.141 e. The van der Waals surface area contributed by atoms with Crippen LogP contribution in [0.4, 0.5) is 0 Å². The lowest BCUT2D eigenvalue weighted by Crippen LogP contribution is -1.64. The quantitative estimate of drug-likeness (QED) is 0.634. The molecule has 0 aliphatic heterocycles. The lowest BCUT2D eigenvalue weighted by molar-refractivity contribution is 1.19. The summed E-state index contributed by atoms with van der Waals surface area (Å²) >= 11 is 7.34. The predicted octanol–water partition coefficient (Wildman–Crippen LogP) is 3.56. The zero-order chi connectivity index (χ0) is 8.10. The molecule has 0 saturated heterocycles. The molecule has 0 saturated carbocycles. The molecule has 11 heavy (non-hydrogen) atoms. The Balaban J connectivity index is 2.65. The van der Waals surface area contributed by atoms with Gasteiger partial charge in [-0.15, -0.1) is 22.9 Å². The van der Waals surface area contributed by atoms with Gasteiger partial charge in [-0.2, -0.15) is 0 Å². The van der Waals surface area contributed by atoms with E-state index in [-0.39, 0.29) is 0 Å². The fraction of sp³-hybridized carbons (Fsp3) is 0.333. The highest BCUT2D eigenvalue weighted by Crippen LogP contribution is 2.17. The first-order chi connectivity index (χ1) is 5.36. The van der Waals surface area contributed by atoms with Crippen LogP contribution in [0.1, 0.15) is 16.7 Å².